The fourth-order valence-electron chi connectivity index (χ4n) is 2.70. The summed E-state index contributed by atoms with van der Waals surface area (Å²) in [5.41, 5.74) is 0.727. The molecule has 66 valence electrons. The van der Waals surface area contributed by atoms with Gasteiger partial charge in [-0.1, -0.05) is 47.0 Å². The SMILES string of the molecule is CCCCC1(C)C(C)C1CC. The van der Waals surface area contributed by atoms with Crippen LogP contribution in [0.2, 0.25) is 0 Å². The standard InChI is InChI=1S/C11H22/c1-5-7-8-11(4)9(3)10(11)6-2/h9-10H,5-8H2,1-4H3. The van der Waals surface area contributed by atoms with Gasteiger partial charge in [-0.15, -0.1) is 0 Å². The molecular formula is C11H22. The summed E-state index contributed by atoms with van der Waals surface area (Å²) in [6, 6.07) is 0. The van der Waals surface area contributed by atoms with Gasteiger partial charge in [0.15, 0.2) is 0 Å². The molecule has 0 heteroatoms. The quantitative estimate of drug-likeness (QED) is 0.577. The van der Waals surface area contributed by atoms with Crippen molar-refractivity contribution in [3.63, 3.8) is 0 Å². The summed E-state index contributed by atoms with van der Waals surface area (Å²) in [4.78, 5) is 0. The monoisotopic (exact) mass is 154 g/mol. The lowest BCUT2D eigenvalue weighted by Crippen LogP contribution is -1.98. The lowest BCUT2D eigenvalue weighted by atomic mass is 9.97. The molecule has 0 radical (unpaired) electrons. The van der Waals surface area contributed by atoms with Gasteiger partial charge in [0.2, 0.25) is 0 Å². The van der Waals surface area contributed by atoms with Crippen LogP contribution in [0.5, 0.6) is 0 Å². The minimum atomic E-state index is 0.727. The molecule has 0 heterocycles. The molecule has 0 N–H and O–H groups in total. The Labute approximate surface area is 71.4 Å². The van der Waals surface area contributed by atoms with Crippen molar-refractivity contribution in [2.24, 2.45) is 17.3 Å². The average molecular weight is 154 g/mol. The van der Waals surface area contributed by atoms with Gasteiger partial charge >= 0.3 is 0 Å². The summed E-state index contributed by atoms with van der Waals surface area (Å²) in [6.07, 6.45) is 5.64. The molecule has 0 spiro atoms. The Hall–Kier alpha value is 0. The molecule has 11 heavy (non-hydrogen) atoms. The molecule has 0 bridgehead atoms. The Kier molecular flexibility index (Phi) is 2.61. The smallest absolute Gasteiger partial charge is 0.0266 e. The lowest BCUT2D eigenvalue weighted by molar-refractivity contribution is 0.422. The van der Waals surface area contributed by atoms with Gasteiger partial charge in [0.25, 0.3) is 0 Å². The Bertz CT molecular complexity index is 128. The van der Waals surface area contributed by atoms with Crippen LogP contribution >= 0.6 is 0 Å². The first kappa shape index (κ1) is 9.09. The fraction of sp³-hybridized carbons (Fsp3) is 1.00. The van der Waals surface area contributed by atoms with Gasteiger partial charge < -0.3 is 0 Å². The van der Waals surface area contributed by atoms with E-state index in [1.54, 1.807) is 0 Å². The summed E-state index contributed by atoms with van der Waals surface area (Å²) >= 11 is 0. The van der Waals surface area contributed by atoms with Gasteiger partial charge in [-0.25, -0.2) is 0 Å². The largest absolute Gasteiger partial charge is 0.0654 e. The molecule has 1 saturated carbocycles. The predicted molar refractivity (Wildman–Crippen MR) is 50.6 cm³/mol. The Balaban J connectivity index is 2.32. The Morgan fingerprint density at radius 2 is 1.91 bits per heavy atom. The summed E-state index contributed by atoms with van der Waals surface area (Å²) < 4.78 is 0. The molecule has 0 aromatic carbocycles. The highest BCUT2D eigenvalue weighted by atomic mass is 14.6. The van der Waals surface area contributed by atoms with Crippen LogP contribution in [0.15, 0.2) is 0 Å². The van der Waals surface area contributed by atoms with E-state index >= 15 is 0 Å². The first-order chi connectivity index (χ1) is 5.16. The van der Waals surface area contributed by atoms with E-state index in [4.69, 9.17) is 0 Å². The van der Waals surface area contributed by atoms with Crippen molar-refractivity contribution in [2.75, 3.05) is 0 Å². The van der Waals surface area contributed by atoms with Crippen molar-refractivity contribution in [1.29, 1.82) is 0 Å². The van der Waals surface area contributed by atoms with Crippen LogP contribution in [0.25, 0.3) is 0 Å². The highest BCUT2D eigenvalue weighted by Crippen LogP contribution is 2.62. The maximum atomic E-state index is 2.47. The maximum absolute atomic E-state index is 2.47. The third kappa shape index (κ3) is 1.45. The second kappa shape index (κ2) is 3.16. The van der Waals surface area contributed by atoms with E-state index < -0.39 is 0 Å². The first-order valence-corrected chi connectivity index (χ1v) is 5.16. The molecule has 1 fully saturated rings. The topological polar surface area (TPSA) is 0 Å². The fourth-order valence-corrected chi connectivity index (χ4v) is 2.70. The Morgan fingerprint density at radius 1 is 1.27 bits per heavy atom. The van der Waals surface area contributed by atoms with Crippen molar-refractivity contribution in [3.05, 3.63) is 0 Å². The highest BCUT2D eigenvalue weighted by molar-refractivity contribution is 5.04. The van der Waals surface area contributed by atoms with Crippen molar-refractivity contribution in [2.45, 2.75) is 53.4 Å². The van der Waals surface area contributed by atoms with Crippen LogP contribution in [0.4, 0.5) is 0 Å². The van der Waals surface area contributed by atoms with E-state index in [1.807, 2.05) is 0 Å². The molecular weight excluding hydrogens is 132 g/mol. The summed E-state index contributed by atoms with van der Waals surface area (Å²) in [5, 5.41) is 0. The summed E-state index contributed by atoms with van der Waals surface area (Å²) in [5.74, 6) is 2.04. The van der Waals surface area contributed by atoms with E-state index in [9.17, 15) is 0 Å². The molecule has 3 unspecified atom stereocenters. The zero-order valence-electron chi connectivity index (χ0n) is 8.48. The molecule has 1 aliphatic carbocycles. The van der Waals surface area contributed by atoms with Gasteiger partial charge in [0.05, 0.1) is 0 Å². The van der Waals surface area contributed by atoms with E-state index in [0.29, 0.717) is 0 Å². The van der Waals surface area contributed by atoms with Crippen molar-refractivity contribution in [3.8, 4) is 0 Å². The molecule has 1 aliphatic rings. The van der Waals surface area contributed by atoms with Gasteiger partial charge in [-0.2, -0.15) is 0 Å². The minimum absolute atomic E-state index is 0.727. The van der Waals surface area contributed by atoms with Crippen molar-refractivity contribution < 1.29 is 0 Å². The van der Waals surface area contributed by atoms with Crippen molar-refractivity contribution in [1.82, 2.24) is 0 Å². The summed E-state index contributed by atoms with van der Waals surface area (Å²) in [6.45, 7) is 9.51. The van der Waals surface area contributed by atoms with Crippen LogP contribution in [0.1, 0.15) is 53.4 Å². The molecule has 1 rings (SSSR count). The van der Waals surface area contributed by atoms with Crippen LogP contribution in [0.3, 0.4) is 0 Å². The first-order valence-electron chi connectivity index (χ1n) is 5.16. The van der Waals surface area contributed by atoms with Gasteiger partial charge in [-0.3, -0.25) is 0 Å². The van der Waals surface area contributed by atoms with Crippen LogP contribution in [-0.2, 0) is 0 Å². The predicted octanol–water partition coefficient (Wildman–Crippen LogP) is 3.86. The molecule has 3 atom stereocenters. The third-order valence-corrected chi connectivity index (χ3v) is 3.89. The van der Waals surface area contributed by atoms with E-state index in [-0.39, 0.29) is 0 Å². The average Bonchev–Trinajstić information content (AvgIpc) is 2.51. The second-order valence-corrected chi connectivity index (χ2v) is 4.41. The van der Waals surface area contributed by atoms with Gasteiger partial charge in [-0.05, 0) is 23.7 Å². The third-order valence-electron chi connectivity index (χ3n) is 3.89. The number of hydrogen-bond donors (Lipinski definition) is 0. The maximum Gasteiger partial charge on any atom is -0.0266 e. The number of hydrogen-bond acceptors (Lipinski definition) is 0. The molecule has 0 nitrogen and oxygen atoms in total. The zero-order valence-corrected chi connectivity index (χ0v) is 8.48. The van der Waals surface area contributed by atoms with E-state index in [2.05, 4.69) is 27.7 Å². The van der Waals surface area contributed by atoms with Gasteiger partial charge in [0, 0.05) is 0 Å². The minimum Gasteiger partial charge on any atom is -0.0654 e. The number of rotatable bonds is 4. The second-order valence-electron chi connectivity index (χ2n) is 4.41. The summed E-state index contributed by atoms with van der Waals surface area (Å²) in [7, 11) is 0. The van der Waals surface area contributed by atoms with E-state index in [0.717, 1.165) is 17.3 Å². The molecule has 0 aromatic heterocycles. The molecule has 0 aromatic rings. The Morgan fingerprint density at radius 3 is 2.27 bits per heavy atom. The highest BCUT2D eigenvalue weighted by Gasteiger charge is 2.55. The number of unbranched alkanes of at least 4 members (excludes halogenated alkanes) is 1. The molecule has 0 aliphatic heterocycles. The zero-order chi connectivity index (χ0) is 8.48. The molecule has 0 amide bonds. The normalized spacial score (nSPS) is 42.5. The van der Waals surface area contributed by atoms with Crippen LogP contribution < -0.4 is 0 Å². The van der Waals surface area contributed by atoms with E-state index in [1.165, 1.54) is 25.7 Å². The van der Waals surface area contributed by atoms with Crippen LogP contribution in [0, 0.1) is 17.3 Å². The van der Waals surface area contributed by atoms with Crippen molar-refractivity contribution >= 4 is 0 Å². The van der Waals surface area contributed by atoms with Crippen LogP contribution in [-0.4, -0.2) is 0 Å². The molecule has 0 saturated heterocycles. The van der Waals surface area contributed by atoms with Gasteiger partial charge in [0.1, 0.15) is 0 Å². The lowest BCUT2D eigenvalue weighted by Gasteiger charge is -2.09.